The van der Waals surface area contributed by atoms with Crippen molar-refractivity contribution in [2.45, 2.75) is 129 Å². The number of carbonyl (C=O) groups is 1. The van der Waals surface area contributed by atoms with Gasteiger partial charge in [-0.25, -0.2) is 0 Å². The molecule has 1 aliphatic heterocycles. The third-order valence-electron chi connectivity index (χ3n) is 5.90. The molecule has 26 heavy (non-hydrogen) atoms. The predicted octanol–water partition coefficient (Wildman–Crippen LogP) is 6.23. The van der Waals surface area contributed by atoms with E-state index in [4.69, 9.17) is 0 Å². The largest absolute Gasteiger partial charge is 0.394 e. The van der Waals surface area contributed by atoms with E-state index >= 15 is 0 Å². The monoisotopic (exact) mass is 367 g/mol. The Hall–Kier alpha value is -0.570. The third kappa shape index (κ3) is 11.2. The first kappa shape index (κ1) is 23.5. The molecule has 1 atom stereocenters. The van der Waals surface area contributed by atoms with Crippen molar-refractivity contribution in [2.75, 3.05) is 13.2 Å². The molecule has 0 bridgehead atoms. The maximum Gasteiger partial charge on any atom is 0.222 e. The SMILES string of the molecule is CCCCCCCCCCCCCCCCCC(=O)N1CCC[C@H]1CO. The zero-order chi connectivity index (χ0) is 18.9. The van der Waals surface area contributed by atoms with Crippen molar-refractivity contribution in [1.29, 1.82) is 0 Å². The Bertz CT molecular complexity index is 332. The molecule has 0 saturated carbocycles. The second-order valence-corrected chi connectivity index (χ2v) is 8.27. The molecule has 0 radical (unpaired) electrons. The van der Waals surface area contributed by atoms with E-state index < -0.39 is 0 Å². The van der Waals surface area contributed by atoms with E-state index in [2.05, 4.69) is 6.92 Å². The van der Waals surface area contributed by atoms with Crippen molar-refractivity contribution in [3.05, 3.63) is 0 Å². The molecule has 0 aromatic heterocycles. The summed E-state index contributed by atoms with van der Waals surface area (Å²) in [6, 6.07) is 0.0961. The van der Waals surface area contributed by atoms with E-state index in [0.29, 0.717) is 6.42 Å². The summed E-state index contributed by atoms with van der Waals surface area (Å²) in [7, 11) is 0. The van der Waals surface area contributed by atoms with Gasteiger partial charge < -0.3 is 10.0 Å². The molecule has 3 heteroatoms. The Balaban J connectivity index is 1.79. The second kappa shape index (κ2) is 16.6. The van der Waals surface area contributed by atoms with Gasteiger partial charge in [-0.2, -0.15) is 0 Å². The van der Waals surface area contributed by atoms with Gasteiger partial charge in [-0.3, -0.25) is 4.79 Å². The smallest absolute Gasteiger partial charge is 0.222 e. The highest BCUT2D eigenvalue weighted by Crippen LogP contribution is 2.19. The van der Waals surface area contributed by atoms with Crippen LogP contribution in [0, 0.1) is 0 Å². The van der Waals surface area contributed by atoms with Crippen LogP contribution in [0.3, 0.4) is 0 Å². The summed E-state index contributed by atoms with van der Waals surface area (Å²) in [5, 5.41) is 9.30. The van der Waals surface area contributed by atoms with Crippen LogP contribution in [-0.2, 0) is 4.79 Å². The average molecular weight is 368 g/mol. The van der Waals surface area contributed by atoms with Crippen LogP contribution in [-0.4, -0.2) is 35.1 Å². The normalized spacial score (nSPS) is 17.2. The zero-order valence-electron chi connectivity index (χ0n) is 17.5. The van der Waals surface area contributed by atoms with Gasteiger partial charge in [0, 0.05) is 13.0 Å². The number of nitrogens with zero attached hydrogens (tertiary/aromatic N) is 1. The van der Waals surface area contributed by atoms with Crippen LogP contribution >= 0.6 is 0 Å². The summed E-state index contributed by atoms with van der Waals surface area (Å²) in [6.07, 6.45) is 23.0. The third-order valence-corrected chi connectivity index (χ3v) is 5.90. The summed E-state index contributed by atoms with van der Waals surface area (Å²) >= 11 is 0. The van der Waals surface area contributed by atoms with Crippen LogP contribution < -0.4 is 0 Å². The van der Waals surface area contributed by atoms with Gasteiger partial charge in [0.05, 0.1) is 12.6 Å². The Labute approximate surface area is 162 Å². The van der Waals surface area contributed by atoms with E-state index in [1.54, 1.807) is 0 Å². The van der Waals surface area contributed by atoms with E-state index in [-0.39, 0.29) is 18.6 Å². The van der Waals surface area contributed by atoms with E-state index in [1.165, 1.54) is 89.9 Å². The van der Waals surface area contributed by atoms with Gasteiger partial charge in [0.25, 0.3) is 0 Å². The van der Waals surface area contributed by atoms with E-state index in [0.717, 1.165) is 25.8 Å². The van der Waals surface area contributed by atoms with Crippen LogP contribution in [0.5, 0.6) is 0 Å². The molecule has 3 nitrogen and oxygen atoms in total. The summed E-state index contributed by atoms with van der Waals surface area (Å²) in [5.41, 5.74) is 0. The van der Waals surface area contributed by atoms with Crippen molar-refractivity contribution in [3.63, 3.8) is 0 Å². The number of hydrogen-bond donors (Lipinski definition) is 1. The molecule has 0 aliphatic carbocycles. The summed E-state index contributed by atoms with van der Waals surface area (Å²) in [6.45, 7) is 3.26. The molecule has 1 amide bonds. The first-order valence-corrected chi connectivity index (χ1v) is 11.7. The summed E-state index contributed by atoms with van der Waals surface area (Å²) in [4.78, 5) is 14.1. The fourth-order valence-corrected chi connectivity index (χ4v) is 4.15. The van der Waals surface area contributed by atoms with Gasteiger partial charge in [0.1, 0.15) is 0 Å². The molecule has 1 aliphatic rings. The zero-order valence-corrected chi connectivity index (χ0v) is 17.5. The number of amides is 1. The molecular weight excluding hydrogens is 322 g/mol. The number of unbranched alkanes of at least 4 members (excludes halogenated alkanes) is 14. The number of aliphatic hydroxyl groups excluding tert-OH is 1. The first-order chi connectivity index (χ1) is 12.8. The lowest BCUT2D eigenvalue weighted by molar-refractivity contribution is -0.132. The van der Waals surface area contributed by atoms with Gasteiger partial charge in [0.15, 0.2) is 0 Å². The van der Waals surface area contributed by atoms with Crippen LogP contribution in [0.1, 0.15) is 122 Å². The number of hydrogen-bond acceptors (Lipinski definition) is 2. The Morgan fingerprint density at radius 3 is 1.73 bits per heavy atom. The Morgan fingerprint density at radius 1 is 0.808 bits per heavy atom. The van der Waals surface area contributed by atoms with Gasteiger partial charge in [-0.05, 0) is 19.3 Å². The Kier molecular flexibility index (Phi) is 15.0. The fraction of sp³-hybridized carbons (Fsp3) is 0.957. The van der Waals surface area contributed by atoms with Crippen LogP contribution in [0.15, 0.2) is 0 Å². The molecule has 1 rings (SSSR count). The molecule has 0 unspecified atom stereocenters. The number of carbonyl (C=O) groups excluding carboxylic acids is 1. The highest BCUT2D eigenvalue weighted by atomic mass is 16.3. The van der Waals surface area contributed by atoms with E-state index in [1.807, 2.05) is 4.90 Å². The molecule has 1 fully saturated rings. The molecule has 0 aromatic rings. The molecule has 1 N–H and O–H groups in total. The molecule has 0 spiro atoms. The number of likely N-dealkylation sites (tertiary alicyclic amines) is 1. The standard InChI is InChI=1S/C23H45NO2/c1-2-3-4-5-6-7-8-9-10-11-12-13-14-15-16-19-23(26)24-20-17-18-22(24)21-25/h22,25H,2-21H2,1H3/t22-/m0/s1. The highest BCUT2D eigenvalue weighted by molar-refractivity contribution is 5.76. The number of aliphatic hydroxyl groups is 1. The average Bonchev–Trinajstić information content (AvgIpc) is 3.13. The minimum atomic E-state index is 0.0961. The molecule has 0 aromatic carbocycles. The molecule has 1 saturated heterocycles. The van der Waals surface area contributed by atoms with Crippen molar-refractivity contribution in [3.8, 4) is 0 Å². The lowest BCUT2D eigenvalue weighted by atomic mass is 10.0. The van der Waals surface area contributed by atoms with Crippen molar-refractivity contribution < 1.29 is 9.90 Å². The topological polar surface area (TPSA) is 40.5 Å². The minimum Gasteiger partial charge on any atom is -0.394 e. The van der Waals surface area contributed by atoms with Gasteiger partial charge in [-0.1, -0.05) is 96.8 Å². The van der Waals surface area contributed by atoms with Crippen molar-refractivity contribution in [1.82, 2.24) is 4.90 Å². The highest BCUT2D eigenvalue weighted by Gasteiger charge is 2.27. The Morgan fingerprint density at radius 2 is 1.27 bits per heavy atom. The first-order valence-electron chi connectivity index (χ1n) is 11.7. The second-order valence-electron chi connectivity index (χ2n) is 8.27. The molecule has 1 heterocycles. The summed E-state index contributed by atoms with van der Waals surface area (Å²) < 4.78 is 0. The van der Waals surface area contributed by atoms with Crippen molar-refractivity contribution >= 4 is 5.91 Å². The quantitative estimate of drug-likeness (QED) is 0.309. The minimum absolute atomic E-state index is 0.0961. The van der Waals surface area contributed by atoms with Gasteiger partial charge in [-0.15, -0.1) is 0 Å². The van der Waals surface area contributed by atoms with Gasteiger partial charge in [0.2, 0.25) is 5.91 Å². The van der Waals surface area contributed by atoms with E-state index in [9.17, 15) is 9.90 Å². The lowest BCUT2D eigenvalue weighted by Crippen LogP contribution is -2.37. The fourth-order valence-electron chi connectivity index (χ4n) is 4.15. The number of rotatable bonds is 17. The maximum absolute atomic E-state index is 12.2. The lowest BCUT2D eigenvalue weighted by Gasteiger charge is -2.22. The molecular formula is C23H45NO2. The van der Waals surface area contributed by atoms with Gasteiger partial charge >= 0.3 is 0 Å². The van der Waals surface area contributed by atoms with Crippen LogP contribution in [0.25, 0.3) is 0 Å². The maximum atomic E-state index is 12.2. The molecule has 154 valence electrons. The van der Waals surface area contributed by atoms with Crippen LogP contribution in [0.4, 0.5) is 0 Å². The predicted molar refractivity (Wildman–Crippen MR) is 111 cm³/mol. The van der Waals surface area contributed by atoms with Crippen molar-refractivity contribution in [2.24, 2.45) is 0 Å². The van der Waals surface area contributed by atoms with Crippen LogP contribution in [0.2, 0.25) is 0 Å². The summed E-state index contributed by atoms with van der Waals surface area (Å²) in [5.74, 6) is 0.260.